The van der Waals surface area contributed by atoms with Gasteiger partial charge >= 0.3 is 6.03 Å². The second kappa shape index (κ2) is 7.21. The van der Waals surface area contributed by atoms with Gasteiger partial charge in [-0.15, -0.1) is 0 Å². The number of hydrogen-bond donors (Lipinski definition) is 2. The van der Waals surface area contributed by atoms with E-state index in [9.17, 15) is 9.59 Å². The van der Waals surface area contributed by atoms with E-state index in [-0.39, 0.29) is 18.0 Å². The van der Waals surface area contributed by atoms with Gasteiger partial charge in [0.1, 0.15) is 0 Å². The summed E-state index contributed by atoms with van der Waals surface area (Å²) in [5, 5.41) is 5.99. The number of hydrogen-bond acceptors (Lipinski definition) is 3. The molecule has 2 fully saturated rings. The molecular formula is C18H26N4O2. The highest BCUT2D eigenvalue weighted by Crippen LogP contribution is 2.19. The van der Waals surface area contributed by atoms with Gasteiger partial charge in [0, 0.05) is 37.9 Å². The van der Waals surface area contributed by atoms with Gasteiger partial charge in [0.2, 0.25) is 5.91 Å². The summed E-state index contributed by atoms with van der Waals surface area (Å²) in [4.78, 5) is 28.5. The summed E-state index contributed by atoms with van der Waals surface area (Å²) >= 11 is 0. The van der Waals surface area contributed by atoms with Crippen LogP contribution in [0.5, 0.6) is 0 Å². The molecule has 0 aromatic heterocycles. The molecule has 0 bridgehead atoms. The van der Waals surface area contributed by atoms with Crippen LogP contribution < -0.4 is 10.6 Å². The smallest absolute Gasteiger partial charge is 0.321 e. The molecule has 0 spiro atoms. The molecule has 1 aromatic rings. The van der Waals surface area contributed by atoms with Crippen molar-refractivity contribution >= 4 is 17.6 Å². The predicted octanol–water partition coefficient (Wildman–Crippen LogP) is 1.81. The fraction of sp³-hybridized carbons (Fsp3) is 0.556. The molecule has 1 aliphatic carbocycles. The second-order valence-electron chi connectivity index (χ2n) is 6.78. The maximum absolute atomic E-state index is 12.4. The summed E-state index contributed by atoms with van der Waals surface area (Å²) in [5.41, 5.74) is 1.94. The van der Waals surface area contributed by atoms with Crippen molar-refractivity contribution in [2.45, 2.75) is 38.8 Å². The largest absolute Gasteiger partial charge is 0.352 e. The number of anilines is 1. The number of carbonyl (C=O) groups is 2. The van der Waals surface area contributed by atoms with Crippen LogP contribution in [0.3, 0.4) is 0 Å². The lowest BCUT2D eigenvalue weighted by atomic mass is 10.2. The predicted molar refractivity (Wildman–Crippen MR) is 94.0 cm³/mol. The van der Waals surface area contributed by atoms with E-state index >= 15 is 0 Å². The van der Waals surface area contributed by atoms with E-state index in [0.29, 0.717) is 19.1 Å². The summed E-state index contributed by atoms with van der Waals surface area (Å²) in [7, 11) is 0. The number of nitrogens with one attached hydrogen (secondary N) is 2. The fourth-order valence-corrected chi connectivity index (χ4v) is 2.95. The quantitative estimate of drug-likeness (QED) is 0.885. The third-order valence-corrected chi connectivity index (χ3v) is 4.72. The van der Waals surface area contributed by atoms with Gasteiger partial charge in [-0.2, -0.15) is 0 Å². The van der Waals surface area contributed by atoms with Gasteiger partial charge in [-0.05, 0) is 44.4 Å². The SMILES string of the molecule is Cc1cccc(NC(=O)N2CCN(C(C)C(=O)NC3CC3)CC2)c1. The molecule has 1 saturated carbocycles. The molecule has 3 rings (SSSR count). The first kappa shape index (κ1) is 16.8. The molecule has 6 heteroatoms. The van der Waals surface area contributed by atoms with E-state index < -0.39 is 0 Å². The number of piperazine rings is 1. The minimum atomic E-state index is -0.132. The van der Waals surface area contributed by atoms with Gasteiger partial charge in [-0.25, -0.2) is 4.79 Å². The fourth-order valence-electron chi connectivity index (χ4n) is 2.95. The summed E-state index contributed by atoms with van der Waals surface area (Å²) in [6, 6.07) is 7.97. The van der Waals surface area contributed by atoms with Crippen LogP contribution in [0.4, 0.5) is 10.5 Å². The number of urea groups is 1. The zero-order valence-corrected chi connectivity index (χ0v) is 14.4. The first-order chi connectivity index (χ1) is 11.5. The second-order valence-corrected chi connectivity index (χ2v) is 6.78. The normalized spacial score (nSPS) is 19.7. The maximum Gasteiger partial charge on any atom is 0.321 e. The first-order valence-corrected chi connectivity index (χ1v) is 8.70. The standard InChI is InChI=1S/C18H26N4O2/c1-13-4-3-5-16(12-13)20-18(24)22-10-8-21(9-11-22)14(2)17(23)19-15-6-7-15/h3-5,12,14-15H,6-11H2,1-2H3,(H,19,23)(H,20,24). The van der Waals surface area contributed by atoms with Crippen LogP contribution in [0.2, 0.25) is 0 Å². The van der Waals surface area contributed by atoms with Crippen molar-refractivity contribution in [3.05, 3.63) is 29.8 Å². The van der Waals surface area contributed by atoms with Crippen molar-refractivity contribution in [1.29, 1.82) is 0 Å². The van der Waals surface area contributed by atoms with Crippen molar-refractivity contribution < 1.29 is 9.59 Å². The molecule has 1 unspecified atom stereocenters. The number of carbonyl (C=O) groups excluding carboxylic acids is 2. The van der Waals surface area contributed by atoms with Crippen molar-refractivity contribution in [1.82, 2.24) is 15.1 Å². The van der Waals surface area contributed by atoms with E-state index in [1.165, 1.54) is 0 Å². The van der Waals surface area contributed by atoms with E-state index in [1.807, 2.05) is 43.0 Å². The molecular weight excluding hydrogens is 304 g/mol. The molecule has 130 valence electrons. The number of amides is 3. The Morgan fingerprint density at radius 1 is 1.17 bits per heavy atom. The molecule has 3 amide bonds. The van der Waals surface area contributed by atoms with Crippen LogP contribution in [0.25, 0.3) is 0 Å². The molecule has 1 aromatic carbocycles. The van der Waals surface area contributed by atoms with E-state index in [2.05, 4.69) is 15.5 Å². The number of aryl methyl sites for hydroxylation is 1. The molecule has 1 saturated heterocycles. The van der Waals surface area contributed by atoms with E-state index in [1.54, 1.807) is 0 Å². The van der Waals surface area contributed by atoms with Crippen molar-refractivity contribution in [3.8, 4) is 0 Å². The zero-order valence-electron chi connectivity index (χ0n) is 14.4. The Bertz CT molecular complexity index is 607. The Hall–Kier alpha value is -2.08. The highest BCUT2D eigenvalue weighted by Gasteiger charge is 2.30. The lowest BCUT2D eigenvalue weighted by Crippen LogP contribution is -2.55. The minimum absolute atomic E-state index is 0.0738. The van der Waals surface area contributed by atoms with E-state index in [0.717, 1.165) is 37.2 Å². The summed E-state index contributed by atoms with van der Waals surface area (Å²) < 4.78 is 0. The molecule has 1 heterocycles. The lowest BCUT2D eigenvalue weighted by molar-refractivity contribution is -0.126. The molecule has 24 heavy (non-hydrogen) atoms. The Kier molecular flexibility index (Phi) is 5.04. The summed E-state index contributed by atoms with van der Waals surface area (Å²) in [5.74, 6) is 0.107. The van der Waals surface area contributed by atoms with Gasteiger partial charge in [0.25, 0.3) is 0 Å². The molecule has 2 N–H and O–H groups in total. The third kappa shape index (κ3) is 4.26. The monoisotopic (exact) mass is 330 g/mol. The Balaban J connectivity index is 1.47. The van der Waals surface area contributed by atoms with Crippen molar-refractivity contribution in [2.24, 2.45) is 0 Å². The van der Waals surface area contributed by atoms with Gasteiger partial charge in [0.05, 0.1) is 6.04 Å². The van der Waals surface area contributed by atoms with Gasteiger partial charge in [-0.3, -0.25) is 9.69 Å². The summed E-state index contributed by atoms with van der Waals surface area (Å²) in [6.07, 6.45) is 2.21. The highest BCUT2D eigenvalue weighted by molar-refractivity contribution is 5.89. The molecule has 1 aliphatic heterocycles. The average molecular weight is 330 g/mol. The van der Waals surface area contributed by atoms with Crippen LogP contribution in [0.1, 0.15) is 25.3 Å². The number of rotatable bonds is 4. The van der Waals surface area contributed by atoms with Crippen LogP contribution in [-0.2, 0) is 4.79 Å². The molecule has 2 aliphatic rings. The van der Waals surface area contributed by atoms with Gasteiger partial charge < -0.3 is 15.5 Å². The highest BCUT2D eigenvalue weighted by atomic mass is 16.2. The molecule has 0 radical (unpaired) electrons. The number of nitrogens with zero attached hydrogens (tertiary/aromatic N) is 2. The van der Waals surface area contributed by atoms with Crippen LogP contribution in [-0.4, -0.2) is 60.0 Å². The Morgan fingerprint density at radius 3 is 2.50 bits per heavy atom. The molecule has 1 atom stereocenters. The number of benzene rings is 1. The van der Waals surface area contributed by atoms with Gasteiger partial charge in [0.15, 0.2) is 0 Å². The van der Waals surface area contributed by atoms with Crippen LogP contribution in [0, 0.1) is 6.92 Å². The van der Waals surface area contributed by atoms with E-state index in [4.69, 9.17) is 0 Å². The van der Waals surface area contributed by atoms with Crippen LogP contribution >= 0.6 is 0 Å². The van der Waals surface area contributed by atoms with Crippen LogP contribution in [0.15, 0.2) is 24.3 Å². The molecule has 6 nitrogen and oxygen atoms in total. The Morgan fingerprint density at radius 2 is 1.88 bits per heavy atom. The lowest BCUT2D eigenvalue weighted by Gasteiger charge is -2.37. The minimum Gasteiger partial charge on any atom is -0.352 e. The first-order valence-electron chi connectivity index (χ1n) is 8.70. The van der Waals surface area contributed by atoms with Gasteiger partial charge in [-0.1, -0.05) is 12.1 Å². The summed E-state index contributed by atoms with van der Waals surface area (Å²) in [6.45, 7) is 6.67. The Labute approximate surface area is 143 Å². The van der Waals surface area contributed by atoms with Crippen molar-refractivity contribution in [2.75, 3.05) is 31.5 Å². The zero-order chi connectivity index (χ0) is 17.1. The average Bonchev–Trinajstić information content (AvgIpc) is 3.38. The maximum atomic E-state index is 12.4. The third-order valence-electron chi connectivity index (χ3n) is 4.72. The van der Waals surface area contributed by atoms with Crippen molar-refractivity contribution in [3.63, 3.8) is 0 Å². The topological polar surface area (TPSA) is 64.7 Å².